The van der Waals surface area contributed by atoms with Gasteiger partial charge in [-0.1, -0.05) is 42.5 Å². The standard InChI is InChI=1S/C16H17N/c1-2-6-13(7-3-1)12-15-9-4-8-14-10-5-11-17-16(14)15/h1-3,5-7,10-12,14,16H,4,8-9H2/b15-12-. The molecular formula is C16H17N. The maximum atomic E-state index is 4.65. The summed E-state index contributed by atoms with van der Waals surface area (Å²) in [5, 5.41) is 0. The van der Waals surface area contributed by atoms with Crippen LogP contribution in [-0.4, -0.2) is 12.3 Å². The first-order chi connectivity index (χ1) is 8.43. The molecule has 1 aliphatic carbocycles. The van der Waals surface area contributed by atoms with Crippen molar-refractivity contribution in [3.63, 3.8) is 0 Å². The summed E-state index contributed by atoms with van der Waals surface area (Å²) in [4.78, 5) is 4.65. The number of benzene rings is 1. The summed E-state index contributed by atoms with van der Waals surface area (Å²) in [6.45, 7) is 0. The Morgan fingerprint density at radius 1 is 1.18 bits per heavy atom. The van der Waals surface area contributed by atoms with Crippen LogP contribution in [0, 0.1) is 5.92 Å². The molecule has 1 saturated carbocycles. The average Bonchev–Trinajstić information content (AvgIpc) is 2.40. The van der Waals surface area contributed by atoms with E-state index in [9.17, 15) is 0 Å². The monoisotopic (exact) mass is 223 g/mol. The molecular weight excluding hydrogens is 206 g/mol. The first kappa shape index (κ1) is 10.5. The van der Waals surface area contributed by atoms with Crippen LogP contribution in [0.4, 0.5) is 0 Å². The minimum Gasteiger partial charge on any atom is -0.285 e. The summed E-state index contributed by atoms with van der Waals surface area (Å²) < 4.78 is 0. The molecule has 1 nitrogen and oxygen atoms in total. The van der Waals surface area contributed by atoms with Crippen LogP contribution < -0.4 is 0 Å². The second-order valence-corrected chi connectivity index (χ2v) is 4.81. The van der Waals surface area contributed by atoms with Crippen LogP contribution in [0.25, 0.3) is 6.08 Å². The second-order valence-electron chi connectivity index (χ2n) is 4.81. The van der Waals surface area contributed by atoms with Gasteiger partial charge < -0.3 is 0 Å². The van der Waals surface area contributed by atoms with E-state index in [1.165, 1.54) is 30.4 Å². The minimum atomic E-state index is 0.397. The van der Waals surface area contributed by atoms with Crippen LogP contribution in [0.2, 0.25) is 0 Å². The highest BCUT2D eigenvalue weighted by Gasteiger charge is 2.27. The van der Waals surface area contributed by atoms with Crippen LogP contribution in [0.5, 0.6) is 0 Å². The van der Waals surface area contributed by atoms with Crippen molar-refractivity contribution in [2.75, 3.05) is 0 Å². The van der Waals surface area contributed by atoms with Crippen LogP contribution >= 0.6 is 0 Å². The van der Waals surface area contributed by atoms with Crippen molar-refractivity contribution < 1.29 is 0 Å². The van der Waals surface area contributed by atoms with E-state index in [1.54, 1.807) is 0 Å². The predicted octanol–water partition coefficient (Wildman–Crippen LogP) is 3.88. The van der Waals surface area contributed by atoms with E-state index in [-0.39, 0.29) is 0 Å². The normalized spacial score (nSPS) is 29.3. The smallest absolute Gasteiger partial charge is 0.0774 e. The van der Waals surface area contributed by atoms with E-state index >= 15 is 0 Å². The van der Waals surface area contributed by atoms with Gasteiger partial charge in [-0.2, -0.15) is 0 Å². The summed E-state index contributed by atoms with van der Waals surface area (Å²) in [7, 11) is 0. The Labute approximate surface area is 103 Å². The summed E-state index contributed by atoms with van der Waals surface area (Å²) in [5.41, 5.74) is 2.79. The SMILES string of the molecule is C1=CC2CCC/C(=C/c3ccccc3)C2N=C1. The number of allylic oxidation sites excluding steroid dienone is 1. The van der Waals surface area contributed by atoms with Crippen molar-refractivity contribution in [1.82, 2.24) is 0 Å². The molecule has 86 valence electrons. The van der Waals surface area contributed by atoms with Crippen molar-refractivity contribution in [2.24, 2.45) is 10.9 Å². The number of hydrogen-bond acceptors (Lipinski definition) is 1. The lowest BCUT2D eigenvalue weighted by Gasteiger charge is -2.30. The first-order valence-corrected chi connectivity index (χ1v) is 6.39. The molecule has 0 aromatic heterocycles. The third-order valence-electron chi connectivity index (χ3n) is 3.63. The van der Waals surface area contributed by atoms with Gasteiger partial charge in [0.05, 0.1) is 6.04 Å². The maximum absolute atomic E-state index is 4.65. The van der Waals surface area contributed by atoms with Gasteiger partial charge in [0.25, 0.3) is 0 Å². The summed E-state index contributed by atoms with van der Waals surface area (Å²) in [5.74, 6) is 0.628. The van der Waals surface area contributed by atoms with Crippen LogP contribution in [0.1, 0.15) is 24.8 Å². The largest absolute Gasteiger partial charge is 0.285 e. The van der Waals surface area contributed by atoms with E-state index in [2.05, 4.69) is 53.6 Å². The predicted molar refractivity (Wildman–Crippen MR) is 73.2 cm³/mol. The Hall–Kier alpha value is -1.63. The summed E-state index contributed by atoms with van der Waals surface area (Å²) >= 11 is 0. The molecule has 1 fully saturated rings. The van der Waals surface area contributed by atoms with Crippen molar-refractivity contribution in [2.45, 2.75) is 25.3 Å². The summed E-state index contributed by atoms with van der Waals surface area (Å²) in [6, 6.07) is 11.0. The van der Waals surface area contributed by atoms with Crippen molar-refractivity contribution in [1.29, 1.82) is 0 Å². The van der Waals surface area contributed by atoms with Crippen LogP contribution in [0.15, 0.2) is 53.0 Å². The Kier molecular flexibility index (Phi) is 2.91. The van der Waals surface area contributed by atoms with Gasteiger partial charge in [0.1, 0.15) is 0 Å². The molecule has 2 atom stereocenters. The number of hydrogen-bond donors (Lipinski definition) is 0. The lowest BCUT2D eigenvalue weighted by Crippen LogP contribution is -2.25. The highest BCUT2D eigenvalue weighted by molar-refractivity contribution is 5.73. The Morgan fingerprint density at radius 3 is 2.94 bits per heavy atom. The highest BCUT2D eigenvalue weighted by atomic mass is 14.8. The molecule has 0 radical (unpaired) electrons. The Bertz CT molecular complexity index is 468. The van der Waals surface area contributed by atoms with Gasteiger partial charge in [-0.25, -0.2) is 0 Å². The van der Waals surface area contributed by atoms with Crippen molar-refractivity contribution in [3.05, 3.63) is 53.6 Å². The zero-order chi connectivity index (χ0) is 11.5. The number of dihydropyridines is 1. The van der Waals surface area contributed by atoms with Gasteiger partial charge in [-0.15, -0.1) is 0 Å². The third-order valence-corrected chi connectivity index (χ3v) is 3.63. The first-order valence-electron chi connectivity index (χ1n) is 6.39. The molecule has 1 heteroatoms. The Balaban J connectivity index is 1.89. The van der Waals surface area contributed by atoms with Crippen molar-refractivity contribution >= 4 is 12.3 Å². The summed E-state index contributed by atoms with van der Waals surface area (Å²) in [6.07, 6.45) is 12.5. The van der Waals surface area contributed by atoms with Gasteiger partial charge in [0.15, 0.2) is 0 Å². The quantitative estimate of drug-likeness (QED) is 0.685. The van der Waals surface area contributed by atoms with Gasteiger partial charge in [-0.3, -0.25) is 4.99 Å². The number of fused-ring (bicyclic) bond motifs is 1. The Morgan fingerprint density at radius 2 is 2.06 bits per heavy atom. The molecule has 1 aromatic carbocycles. The van der Waals surface area contributed by atoms with Crippen LogP contribution in [0.3, 0.4) is 0 Å². The number of nitrogens with zero attached hydrogens (tertiary/aromatic N) is 1. The fraction of sp³-hybridized carbons (Fsp3) is 0.312. The van der Waals surface area contributed by atoms with Crippen molar-refractivity contribution in [3.8, 4) is 0 Å². The van der Waals surface area contributed by atoms with E-state index in [1.807, 2.05) is 6.21 Å². The fourth-order valence-electron chi connectivity index (χ4n) is 2.79. The van der Waals surface area contributed by atoms with E-state index in [4.69, 9.17) is 0 Å². The molecule has 1 heterocycles. The zero-order valence-electron chi connectivity index (χ0n) is 9.92. The molecule has 0 N–H and O–H groups in total. The number of aliphatic imine (C=N–C) groups is 1. The number of rotatable bonds is 1. The van der Waals surface area contributed by atoms with Gasteiger partial charge in [0.2, 0.25) is 0 Å². The van der Waals surface area contributed by atoms with Gasteiger partial charge in [0, 0.05) is 12.1 Å². The fourth-order valence-corrected chi connectivity index (χ4v) is 2.79. The maximum Gasteiger partial charge on any atom is 0.0774 e. The van der Waals surface area contributed by atoms with Gasteiger partial charge >= 0.3 is 0 Å². The molecule has 0 bridgehead atoms. The third kappa shape index (κ3) is 2.23. The lowest BCUT2D eigenvalue weighted by atomic mass is 9.79. The molecule has 0 saturated heterocycles. The molecule has 17 heavy (non-hydrogen) atoms. The molecule has 0 spiro atoms. The zero-order valence-corrected chi connectivity index (χ0v) is 9.92. The lowest BCUT2D eigenvalue weighted by molar-refractivity contribution is 0.440. The molecule has 3 rings (SSSR count). The van der Waals surface area contributed by atoms with E-state index in [0.29, 0.717) is 12.0 Å². The van der Waals surface area contributed by atoms with Crippen LogP contribution in [-0.2, 0) is 0 Å². The van der Waals surface area contributed by atoms with Gasteiger partial charge in [-0.05, 0) is 36.5 Å². The van der Waals surface area contributed by atoms with E-state index in [0.717, 1.165) is 0 Å². The molecule has 1 aliphatic heterocycles. The topological polar surface area (TPSA) is 12.4 Å². The molecule has 1 aromatic rings. The molecule has 2 aliphatic rings. The second kappa shape index (κ2) is 4.70. The highest BCUT2D eigenvalue weighted by Crippen LogP contribution is 2.34. The minimum absolute atomic E-state index is 0.397. The molecule has 2 unspecified atom stereocenters. The average molecular weight is 223 g/mol. The van der Waals surface area contributed by atoms with E-state index < -0.39 is 0 Å². The molecule has 0 amide bonds.